The molecule has 2 heteroatoms. The van der Waals surface area contributed by atoms with E-state index < -0.39 is 0 Å². The highest BCUT2D eigenvalue weighted by Crippen LogP contribution is 2.50. The van der Waals surface area contributed by atoms with E-state index in [4.69, 9.17) is 11.6 Å². The second kappa shape index (κ2) is 4.97. The first-order valence-corrected chi connectivity index (χ1v) is 7.28. The first-order chi connectivity index (χ1) is 8.31. The lowest BCUT2D eigenvalue weighted by Crippen LogP contribution is -2.16. The molecule has 4 atom stereocenters. The van der Waals surface area contributed by atoms with E-state index in [0.29, 0.717) is 5.38 Å². The summed E-state index contributed by atoms with van der Waals surface area (Å²) in [5.41, 5.74) is 1.32. The van der Waals surface area contributed by atoms with Gasteiger partial charge in [0.1, 0.15) is 0 Å². The van der Waals surface area contributed by atoms with Crippen molar-refractivity contribution in [3.63, 3.8) is 0 Å². The van der Waals surface area contributed by atoms with E-state index in [-0.39, 0.29) is 0 Å². The fourth-order valence-corrected chi connectivity index (χ4v) is 4.26. The van der Waals surface area contributed by atoms with E-state index in [1.807, 2.05) is 12.4 Å². The Hall–Kier alpha value is -0.560. The summed E-state index contributed by atoms with van der Waals surface area (Å²) >= 11 is 6.51. The largest absolute Gasteiger partial charge is 0.265 e. The van der Waals surface area contributed by atoms with Gasteiger partial charge in [-0.2, -0.15) is 0 Å². The van der Waals surface area contributed by atoms with Crippen LogP contribution >= 0.6 is 11.6 Å². The third kappa shape index (κ3) is 2.65. The van der Waals surface area contributed by atoms with Crippen molar-refractivity contribution >= 4 is 11.6 Å². The maximum Gasteiger partial charge on any atom is 0.0379 e. The van der Waals surface area contributed by atoms with Crippen LogP contribution in [0.2, 0.25) is 0 Å². The quantitative estimate of drug-likeness (QED) is 0.734. The highest BCUT2D eigenvalue weighted by atomic mass is 35.5. The van der Waals surface area contributed by atoms with Crippen molar-refractivity contribution in [2.24, 2.45) is 17.8 Å². The molecule has 1 heterocycles. The summed E-state index contributed by atoms with van der Waals surface area (Å²) in [4.78, 5) is 4.04. The Kier molecular flexibility index (Phi) is 3.37. The van der Waals surface area contributed by atoms with Crippen molar-refractivity contribution in [1.82, 2.24) is 4.98 Å². The molecular weight excluding hydrogens is 230 g/mol. The van der Waals surface area contributed by atoms with E-state index in [1.54, 1.807) is 0 Å². The molecule has 1 nitrogen and oxygen atoms in total. The number of aromatic nitrogens is 1. The monoisotopic (exact) mass is 249 g/mol. The molecule has 92 valence electrons. The summed E-state index contributed by atoms with van der Waals surface area (Å²) in [6.45, 7) is 0. The minimum absolute atomic E-state index is 0.307. The molecule has 0 N–H and O–H groups in total. The molecule has 0 spiro atoms. The Morgan fingerprint density at radius 1 is 1.24 bits per heavy atom. The molecule has 0 aromatic carbocycles. The standard InChI is InChI=1S/C15H20ClN/c16-15(9-11-3-5-17-6-4-11)10-14-8-12-1-2-13(14)7-12/h3-6,12-15H,1-2,7-10H2. The fourth-order valence-electron chi connectivity index (χ4n) is 3.85. The minimum Gasteiger partial charge on any atom is -0.265 e. The second-order valence-corrected chi connectivity index (χ2v) is 6.44. The van der Waals surface area contributed by atoms with E-state index in [9.17, 15) is 0 Å². The number of alkyl halides is 1. The van der Waals surface area contributed by atoms with Crippen molar-refractivity contribution in [3.8, 4) is 0 Å². The van der Waals surface area contributed by atoms with E-state index >= 15 is 0 Å². The van der Waals surface area contributed by atoms with Gasteiger partial charge in [0.05, 0.1) is 0 Å². The third-order valence-electron chi connectivity index (χ3n) is 4.65. The molecule has 0 aliphatic heterocycles. The molecule has 2 aliphatic carbocycles. The number of halogens is 1. The van der Waals surface area contributed by atoms with Gasteiger partial charge in [0.25, 0.3) is 0 Å². The van der Waals surface area contributed by atoms with Crippen molar-refractivity contribution in [3.05, 3.63) is 30.1 Å². The summed E-state index contributed by atoms with van der Waals surface area (Å²) in [5.74, 6) is 2.95. The molecule has 0 radical (unpaired) electrons. The van der Waals surface area contributed by atoms with Crippen LogP contribution in [0.3, 0.4) is 0 Å². The zero-order chi connectivity index (χ0) is 11.7. The Balaban J connectivity index is 1.52. The fraction of sp³-hybridized carbons (Fsp3) is 0.667. The highest BCUT2D eigenvalue weighted by molar-refractivity contribution is 6.20. The summed E-state index contributed by atoms with van der Waals surface area (Å²) in [5, 5.41) is 0.307. The van der Waals surface area contributed by atoms with Crippen molar-refractivity contribution in [2.45, 2.75) is 43.9 Å². The predicted molar refractivity (Wildman–Crippen MR) is 71.1 cm³/mol. The normalized spacial score (nSPS) is 32.9. The number of hydrogen-bond donors (Lipinski definition) is 0. The Bertz CT molecular complexity index is 364. The van der Waals surface area contributed by atoms with Crippen LogP contribution in [0.1, 0.15) is 37.7 Å². The number of nitrogens with zero attached hydrogens (tertiary/aromatic N) is 1. The SMILES string of the molecule is ClC(Cc1ccncc1)CC1CC2CCC1C2. The molecule has 3 rings (SSSR count). The van der Waals surface area contributed by atoms with Crippen LogP contribution in [0.25, 0.3) is 0 Å². The first-order valence-electron chi connectivity index (χ1n) is 6.84. The van der Waals surface area contributed by atoms with Gasteiger partial charge >= 0.3 is 0 Å². The number of hydrogen-bond acceptors (Lipinski definition) is 1. The average Bonchev–Trinajstić information content (AvgIpc) is 2.92. The first kappa shape index (κ1) is 11.5. The molecular formula is C15H20ClN. The second-order valence-electron chi connectivity index (χ2n) is 5.83. The lowest BCUT2D eigenvalue weighted by atomic mass is 9.84. The summed E-state index contributed by atoms with van der Waals surface area (Å²) in [7, 11) is 0. The van der Waals surface area contributed by atoms with Crippen LogP contribution in [-0.2, 0) is 6.42 Å². The molecule has 2 bridgehead atoms. The molecule has 4 unspecified atom stereocenters. The molecule has 2 fully saturated rings. The van der Waals surface area contributed by atoms with Gasteiger partial charge in [-0.3, -0.25) is 4.98 Å². The van der Waals surface area contributed by atoms with E-state index in [0.717, 1.165) is 24.2 Å². The summed E-state index contributed by atoms with van der Waals surface area (Å²) in [6, 6.07) is 4.16. The maximum atomic E-state index is 6.51. The van der Waals surface area contributed by atoms with Gasteiger partial charge in [-0.25, -0.2) is 0 Å². The molecule has 2 saturated carbocycles. The van der Waals surface area contributed by atoms with Gasteiger partial charge in [-0.15, -0.1) is 11.6 Å². The van der Waals surface area contributed by atoms with Crippen LogP contribution in [0.15, 0.2) is 24.5 Å². The zero-order valence-electron chi connectivity index (χ0n) is 10.2. The van der Waals surface area contributed by atoms with Gasteiger partial charge in [0.15, 0.2) is 0 Å². The zero-order valence-corrected chi connectivity index (χ0v) is 10.9. The van der Waals surface area contributed by atoms with Gasteiger partial charge < -0.3 is 0 Å². The van der Waals surface area contributed by atoms with E-state index in [1.165, 1.54) is 37.7 Å². The topological polar surface area (TPSA) is 12.9 Å². The van der Waals surface area contributed by atoms with Crippen molar-refractivity contribution < 1.29 is 0 Å². The van der Waals surface area contributed by atoms with Crippen LogP contribution in [-0.4, -0.2) is 10.4 Å². The Labute approximate surface area is 109 Å². The van der Waals surface area contributed by atoms with E-state index in [2.05, 4.69) is 17.1 Å². The number of rotatable bonds is 4. The Morgan fingerprint density at radius 2 is 2.06 bits per heavy atom. The van der Waals surface area contributed by atoms with Gasteiger partial charge in [-0.05, 0) is 67.6 Å². The van der Waals surface area contributed by atoms with Crippen LogP contribution in [0.4, 0.5) is 0 Å². The molecule has 17 heavy (non-hydrogen) atoms. The van der Waals surface area contributed by atoms with Crippen LogP contribution in [0.5, 0.6) is 0 Å². The van der Waals surface area contributed by atoms with Gasteiger partial charge in [0.2, 0.25) is 0 Å². The predicted octanol–water partition coefficient (Wildman–Crippen LogP) is 4.06. The lowest BCUT2D eigenvalue weighted by molar-refractivity contribution is 0.310. The smallest absolute Gasteiger partial charge is 0.0379 e. The van der Waals surface area contributed by atoms with Crippen molar-refractivity contribution in [2.75, 3.05) is 0 Å². The minimum atomic E-state index is 0.307. The maximum absolute atomic E-state index is 6.51. The number of fused-ring (bicyclic) bond motifs is 2. The summed E-state index contributed by atoms with van der Waals surface area (Å²) < 4.78 is 0. The third-order valence-corrected chi connectivity index (χ3v) is 4.98. The molecule has 1 aromatic heterocycles. The molecule has 0 amide bonds. The molecule has 1 aromatic rings. The van der Waals surface area contributed by atoms with Crippen molar-refractivity contribution in [1.29, 1.82) is 0 Å². The van der Waals surface area contributed by atoms with Gasteiger partial charge in [-0.1, -0.05) is 6.42 Å². The number of pyridine rings is 1. The highest BCUT2D eigenvalue weighted by Gasteiger charge is 2.39. The van der Waals surface area contributed by atoms with Crippen LogP contribution in [0, 0.1) is 17.8 Å². The molecule has 2 aliphatic rings. The lowest BCUT2D eigenvalue weighted by Gasteiger charge is -2.23. The molecule has 0 saturated heterocycles. The average molecular weight is 250 g/mol. The van der Waals surface area contributed by atoms with Crippen LogP contribution < -0.4 is 0 Å². The summed E-state index contributed by atoms with van der Waals surface area (Å²) in [6.07, 6.45) is 11.8. The van der Waals surface area contributed by atoms with Gasteiger partial charge in [0, 0.05) is 17.8 Å². The Morgan fingerprint density at radius 3 is 2.71 bits per heavy atom.